The third-order valence-electron chi connectivity index (χ3n) is 4.78. The smallest absolute Gasteiger partial charge is 0.123 e. The third-order valence-corrected chi connectivity index (χ3v) is 4.78. The second-order valence-corrected chi connectivity index (χ2v) is 5.90. The van der Waals surface area contributed by atoms with E-state index in [0.717, 1.165) is 38.2 Å². The molecule has 21 heavy (non-hydrogen) atoms. The zero-order chi connectivity index (χ0) is 14.3. The van der Waals surface area contributed by atoms with Crippen LogP contribution in [0.25, 0.3) is 0 Å². The van der Waals surface area contributed by atoms with Crippen LogP contribution >= 0.6 is 0 Å². The van der Waals surface area contributed by atoms with Crippen LogP contribution in [-0.2, 0) is 16.9 Å². The number of anilines is 1. The second-order valence-electron chi connectivity index (χ2n) is 5.90. The normalized spacial score (nSPS) is 19.8. The summed E-state index contributed by atoms with van der Waals surface area (Å²) in [6.07, 6.45) is 1.97. The lowest BCUT2D eigenvalue weighted by molar-refractivity contribution is -0.0551. The zero-order valence-corrected chi connectivity index (χ0v) is 11.9. The number of nitrogens with zero attached hydrogens (tertiary/aromatic N) is 1. The van der Waals surface area contributed by atoms with Gasteiger partial charge in [0.1, 0.15) is 5.82 Å². The monoisotopic (exact) mass is 283 g/mol. The maximum atomic E-state index is 13.0. The summed E-state index contributed by atoms with van der Waals surface area (Å²) in [5.74, 6) is -0.180. The number of fused-ring (bicyclic) bond motifs is 2. The summed E-state index contributed by atoms with van der Waals surface area (Å²) in [5, 5.41) is 0. The summed E-state index contributed by atoms with van der Waals surface area (Å²) in [6.45, 7) is 2.62. The van der Waals surface area contributed by atoms with E-state index in [2.05, 4.69) is 29.2 Å². The summed E-state index contributed by atoms with van der Waals surface area (Å²) < 4.78 is 19.2. The number of halogens is 1. The Kier molecular flexibility index (Phi) is 2.96. The van der Waals surface area contributed by atoms with Crippen molar-refractivity contribution in [3.63, 3.8) is 0 Å². The molecule has 1 spiro atoms. The Balaban J connectivity index is 1.54. The molecule has 0 amide bonds. The minimum atomic E-state index is -0.180. The van der Waals surface area contributed by atoms with Gasteiger partial charge in [0.25, 0.3) is 0 Å². The van der Waals surface area contributed by atoms with Gasteiger partial charge in [0.2, 0.25) is 0 Å². The van der Waals surface area contributed by atoms with Crippen molar-refractivity contribution in [3.8, 4) is 0 Å². The highest BCUT2D eigenvalue weighted by Gasteiger charge is 2.42. The fourth-order valence-corrected chi connectivity index (χ4v) is 3.58. The van der Waals surface area contributed by atoms with Crippen molar-refractivity contribution in [2.24, 2.45) is 0 Å². The average Bonchev–Trinajstić information content (AvgIpc) is 2.88. The van der Waals surface area contributed by atoms with Crippen molar-refractivity contribution in [1.29, 1.82) is 0 Å². The van der Waals surface area contributed by atoms with Gasteiger partial charge in [-0.25, -0.2) is 4.39 Å². The molecule has 0 unspecified atom stereocenters. The topological polar surface area (TPSA) is 12.5 Å². The lowest BCUT2D eigenvalue weighted by atomic mass is 9.83. The van der Waals surface area contributed by atoms with Crippen LogP contribution in [0, 0.1) is 5.82 Å². The predicted molar refractivity (Wildman–Crippen MR) is 80.8 cm³/mol. The van der Waals surface area contributed by atoms with E-state index in [-0.39, 0.29) is 11.4 Å². The largest absolute Gasteiger partial charge is 0.371 e. The highest BCUT2D eigenvalue weighted by Crippen LogP contribution is 2.44. The molecule has 4 rings (SSSR count). The molecule has 0 aliphatic carbocycles. The van der Waals surface area contributed by atoms with Crippen LogP contribution in [0.3, 0.4) is 0 Å². The van der Waals surface area contributed by atoms with Crippen LogP contribution in [0.2, 0.25) is 0 Å². The molecule has 0 N–H and O–H groups in total. The number of rotatable bonds is 1. The Labute approximate surface area is 124 Å². The van der Waals surface area contributed by atoms with Crippen molar-refractivity contribution in [1.82, 2.24) is 0 Å². The van der Waals surface area contributed by atoms with E-state index < -0.39 is 0 Å². The summed E-state index contributed by atoms with van der Waals surface area (Å²) in [4.78, 5) is 2.31. The molecule has 2 aromatic rings. The van der Waals surface area contributed by atoms with Crippen molar-refractivity contribution in [3.05, 3.63) is 65.5 Å². The Bertz CT molecular complexity index is 645. The van der Waals surface area contributed by atoms with Crippen LogP contribution in [0.4, 0.5) is 10.1 Å². The lowest BCUT2D eigenvalue weighted by Crippen LogP contribution is -2.42. The fourth-order valence-electron chi connectivity index (χ4n) is 3.58. The van der Waals surface area contributed by atoms with E-state index in [9.17, 15) is 4.39 Å². The van der Waals surface area contributed by atoms with E-state index in [4.69, 9.17) is 4.74 Å². The van der Waals surface area contributed by atoms with Crippen LogP contribution in [0.1, 0.15) is 24.0 Å². The van der Waals surface area contributed by atoms with Gasteiger partial charge in [0, 0.05) is 18.8 Å². The van der Waals surface area contributed by atoms with Gasteiger partial charge in [-0.3, -0.25) is 0 Å². The van der Waals surface area contributed by atoms with Crippen LogP contribution in [-0.4, -0.2) is 13.1 Å². The van der Waals surface area contributed by atoms with Crippen LogP contribution in [0.5, 0.6) is 0 Å². The van der Waals surface area contributed by atoms with Gasteiger partial charge >= 0.3 is 0 Å². The Morgan fingerprint density at radius 2 is 1.67 bits per heavy atom. The van der Waals surface area contributed by atoms with E-state index in [0.29, 0.717) is 0 Å². The molecule has 0 aromatic heterocycles. The third kappa shape index (κ3) is 2.12. The molecule has 2 aromatic carbocycles. The van der Waals surface area contributed by atoms with Crippen molar-refractivity contribution in [2.75, 3.05) is 18.0 Å². The first kappa shape index (κ1) is 12.8. The van der Waals surface area contributed by atoms with Crippen molar-refractivity contribution < 1.29 is 9.13 Å². The SMILES string of the molecule is Fc1ccc(N2CCC3(CC2)OCc2ccccc23)cc1. The molecular weight excluding hydrogens is 265 g/mol. The van der Waals surface area contributed by atoms with Crippen LogP contribution in [0.15, 0.2) is 48.5 Å². The highest BCUT2D eigenvalue weighted by molar-refractivity contribution is 5.47. The molecule has 0 radical (unpaired) electrons. The van der Waals surface area contributed by atoms with Crippen LogP contribution < -0.4 is 4.90 Å². The highest BCUT2D eigenvalue weighted by atomic mass is 19.1. The average molecular weight is 283 g/mol. The first-order chi connectivity index (χ1) is 10.3. The molecule has 2 aliphatic heterocycles. The number of ether oxygens (including phenoxy) is 1. The molecule has 0 atom stereocenters. The summed E-state index contributed by atoms with van der Waals surface area (Å²) in [5.41, 5.74) is 3.68. The Morgan fingerprint density at radius 3 is 2.43 bits per heavy atom. The summed E-state index contributed by atoms with van der Waals surface area (Å²) >= 11 is 0. The van der Waals surface area contributed by atoms with E-state index in [1.165, 1.54) is 23.3 Å². The van der Waals surface area contributed by atoms with Gasteiger partial charge in [-0.15, -0.1) is 0 Å². The molecule has 1 fully saturated rings. The van der Waals surface area contributed by atoms with Gasteiger partial charge in [-0.1, -0.05) is 24.3 Å². The molecule has 108 valence electrons. The van der Waals surface area contributed by atoms with Crippen molar-refractivity contribution >= 4 is 5.69 Å². The first-order valence-corrected chi connectivity index (χ1v) is 7.50. The number of piperidine rings is 1. The zero-order valence-electron chi connectivity index (χ0n) is 11.9. The van der Waals surface area contributed by atoms with Crippen molar-refractivity contribution in [2.45, 2.75) is 25.0 Å². The minimum absolute atomic E-state index is 0.104. The minimum Gasteiger partial charge on any atom is -0.371 e. The summed E-state index contributed by atoms with van der Waals surface area (Å²) in [7, 11) is 0. The number of benzene rings is 2. The molecule has 1 saturated heterocycles. The Morgan fingerprint density at radius 1 is 0.952 bits per heavy atom. The maximum Gasteiger partial charge on any atom is 0.123 e. The molecule has 0 bridgehead atoms. The van der Waals surface area contributed by atoms with E-state index in [1.54, 1.807) is 0 Å². The summed E-state index contributed by atoms with van der Waals surface area (Å²) in [6, 6.07) is 15.3. The molecule has 2 heterocycles. The Hall–Kier alpha value is -1.87. The molecule has 3 heteroatoms. The van der Waals surface area contributed by atoms with E-state index >= 15 is 0 Å². The quantitative estimate of drug-likeness (QED) is 0.788. The van der Waals surface area contributed by atoms with Gasteiger partial charge in [0.15, 0.2) is 0 Å². The van der Waals surface area contributed by atoms with E-state index in [1.807, 2.05) is 12.1 Å². The standard InChI is InChI=1S/C18H18FNO/c19-15-5-7-16(8-6-15)20-11-9-18(10-12-20)17-4-2-1-3-14(17)13-21-18/h1-8H,9-13H2. The first-order valence-electron chi connectivity index (χ1n) is 7.50. The van der Waals surface area contributed by atoms with Gasteiger partial charge in [0.05, 0.1) is 12.2 Å². The molecule has 0 saturated carbocycles. The second kappa shape index (κ2) is 4.85. The van der Waals surface area contributed by atoms with Gasteiger partial charge in [-0.2, -0.15) is 0 Å². The van der Waals surface area contributed by atoms with Gasteiger partial charge < -0.3 is 9.64 Å². The number of hydrogen-bond acceptors (Lipinski definition) is 2. The molecule has 2 nitrogen and oxygen atoms in total. The maximum absolute atomic E-state index is 13.0. The number of hydrogen-bond donors (Lipinski definition) is 0. The molecule has 2 aliphatic rings. The molecular formula is C18H18FNO. The fraction of sp³-hybridized carbons (Fsp3) is 0.333. The van der Waals surface area contributed by atoms with Gasteiger partial charge in [-0.05, 0) is 48.2 Å². The predicted octanol–water partition coefficient (Wildman–Crippen LogP) is 3.85. The lowest BCUT2D eigenvalue weighted by Gasteiger charge is -2.40.